The first-order valence-corrected chi connectivity index (χ1v) is 12.3. The van der Waals surface area contributed by atoms with Gasteiger partial charge in [0.1, 0.15) is 11.5 Å². The molecule has 0 spiro atoms. The van der Waals surface area contributed by atoms with Crippen LogP contribution in [0, 0.1) is 0 Å². The fourth-order valence-corrected chi connectivity index (χ4v) is 5.53. The lowest BCUT2D eigenvalue weighted by molar-refractivity contribution is 0.238. The number of aromatic nitrogens is 4. The van der Waals surface area contributed by atoms with Crippen LogP contribution >= 0.6 is 0 Å². The van der Waals surface area contributed by atoms with E-state index in [4.69, 9.17) is 4.98 Å². The van der Waals surface area contributed by atoms with E-state index in [1.807, 2.05) is 30.7 Å². The summed E-state index contributed by atoms with van der Waals surface area (Å²) < 4.78 is 2.13. The van der Waals surface area contributed by atoms with Crippen molar-refractivity contribution in [2.45, 2.75) is 44.8 Å². The highest BCUT2D eigenvalue weighted by Crippen LogP contribution is 2.35. The lowest BCUT2D eigenvalue weighted by Crippen LogP contribution is -2.47. The van der Waals surface area contributed by atoms with Crippen LogP contribution < -0.4 is 10.2 Å². The molecule has 2 bridgehead atoms. The van der Waals surface area contributed by atoms with Gasteiger partial charge in [-0.05, 0) is 44.0 Å². The number of benzene rings is 1. The molecule has 6 rings (SSSR count). The third-order valence-electron chi connectivity index (χ3n) is 7.21. The Morgan fingerprint density at radius 1 is 1.03 bits per heavy atom. The van der Waals surface area contributed by atoms with Crippen LogP contribution in [0.25, 0.3) is 16.9 Å². The fourth-order valence-electron chi connectivity index (χ4n) is 5.53. The average molecular weight is 454 g/mol. The van der Waals surface area contributed by atoms with E-state index in [9.17, 15) is 0 Å². The summed E-state index contributed by atoms with van der Waals surface area (Å²) in [4.78, 5) is 19.5. The van der Waals surface area contributed by atoms with Crippen molar-refractivity contribution in [3.63, 3.8) is 0 Å². The van der Waals surface area contributed by atoms with Crippen LogP contribution in [0.5, 0.6) is 0 Å². The van der Waals surface area contributed by atoms with Gasteiger partial charge < -0.3 is 10.2 Å². The molecule has 3 aromatic heterocycles. The van der Waals surface area contributed by atoms with E-state index in [1.165, 1.54) is 24.9 Å². The van der Waals surface area contributed by atoms with Gasteiger partial charge in [0.25, 0.3) is 0 Å². The molecule has 4 aromatic rings. The Hall–Kier alpha value is -3.45. The molecule has 0 amide bonds. The molecule has 7 heteroatoms. The third-order valence-corrected chi connectivity index (χ3v) is 7.21. The number of likely N-dealkylation sites (tertiary alicyclic amines) is 1. The van der Waals surface area contributed by atoms with E-state index < -0.39 is 0 Å². The number of piperazine rings is 1. The molecule has 1 N–H and O–H groups in total. The summed E-state index contributed by atoms with van der Waals surface area (Å²) >= 11 is 0. The Labute approximate surface area is 200 Å². The number of anilines is 2. The van der Waals surface area contributed by atoms with Gasteiger partial charge in [0.05, 0.1) is 5.69 Å². The molecule has 34 heavy (non-hydrogen) atoms. The predicted molar refractivity (Wildman–Crippen MR) is 136 cm³/mol. The van der Waals surface area contributed by atoms with Gasteiger partial charge >= 0.3 is 0 Å². The van der Waals surface area contributed by atoms with E-state index >= 15 is 0 Å². The smallest absolute Gasteiger partial charge is 0.212 e. The molecule has 2 aliphatic heterocycles. The third kappa shape index (κ3) is 3.80. The van der Waals surface area contributed by atoms with Crippen molar-refractivity contribution in [2.75, 3.05) is 29.9 Å². The summed E-state index contributed by atoms with van der Waals surface area (Å²) in [6, 6.07) is 17.9. The minimum atomic E-state index is 0.161. The van der Waals surface area contributed by atoms with Gasteiger partial charge in [-0.1, -0.05) is 37.3 Å². The monoisotopic (exact) mass is 453 g/mol. The molecular weight excluding hydrogens is 422 g/mol. The van der Waals surface area contributed by atoms with Gasteiger partial charge in [-0.25, -0.2) is 15.0 Å². The number of imidazole rings is 1. The number of fused-ring (bicyclic) bond motifs is 3. The molecule has 0 aliphatic carbocycles. The first kappa shape index (κ1) is 21.1. The van der Waals surface area contributed by atoms with Gasteiger partial charge in [0, 0.05) is 61.4 Å². The number of hydrogen-bond acceptors (Lipinski definition) is 6. The Morgan fingerprint density at radius 3 is 2.71 bits per heavy atom. The summed E-state index contributed by atoms with van der Waals surface area (Å²) in [5.74, 6) is 1.84. The van der Waals surface area contributed by atoms with E-state index in [-0.39, 0.29) is 6.04 Å². The lowest BCUT2D eigenvalue weighted by atomic mass is 10.1. The Kier molecular flexibility index (Phi) is 5.41. The van der Waals surface area contributed by atoms with Crippen LogP contribution in [-0.2, 0) is 0 Å². The summed E-state index contributed by atoms with van der Waals surface area (Å²) in [5.41, 5.74) is 4.13. The Bertz CT molecular complexity index is 1280. The van der Waals surface area contributed by atoms with Crippen LogP contribution in [0.15, 0.2) is 67.1 Å². The summed E-state index contributed by atoms with van der Waals surface area (Å²) in [6.07, 6.45) is 8.18. The maximum atomic E-state index is 5.17. The van der Waals surface area contributed by atoms with Crippen molar-refractivity contribution < 1.29 is 0 Å². The Balaban J connectivity index is 1.30. The number of hydrogen-bond donors (Lipinski definition) is 1. The summed E-state index contributed by atoms with van der Waals surface area (Å²) in [6.45, 7) is 7.77. The van der Waals surface area contributed by atoms with Crippen LogP contribution in [0.1, 0.15) is 38.3 Å². The van der Waals surface area contributed by atoms with Gasteiger partial charge in [-0.3, -0.25) is 9.30 Å². The van der Waals surface area contributed by atoms with Gasteiger partial charge in [-0.15, -0.1) is 0 Å². The molecule has 0 unspecified atom stereocenters. The molecule has 0 saturated carbocycles. The highest BCUT2D eigenvalue weighted by atomic mass is 15.4. The molecule has 0 radical (unpaired) electrons. The highest BCUT2D eigenvalue weighted by molar-refractivity contribution is 5.68. The maximum absolute atomic E-state index is 5.17. The predicted octanol–water partition coefficient (Wildman–Crippen LogP) is 4.64. The van der Waals surface area contributed by atoms with Crippen molar-refractivity contribution in [1.82, 2.24) is 24.3 Å². The van der Waals surface area contributed by atoms with Crippen LogP contribution in [0.3, 0.4) is 0 Å². The standard InChI is InChI=1S/C27H31N7/c1-3-12-32-17-23-15-22(32)18-34(23)27-31-24(16-26-29-11-13-33(26)27)21-9-10-28-25(14-21)30-19(2)20-7-5-4-6-8-20/h4-11,13-14,16,19,22-23H,3,12,15,17-18H2,1-2H3,(H,28,30)/t19-,22-,23-/m0/s1. The van der Waals surface area contributed by atoms with Gasteiger partial charge in [0.2, 0.25) is 5.95 Å². The van der Waals surface area contributed by atoms with Gasteiger partial charge in [-0.2, -0.15) is 0 Å². The second-order valence-electron chi connectivity index (χ2n) is 9.49. The number of nitrogens with one attached hydrogen (secondary N) is 1. The molecule has 7 nitrogen and oxygen atoms in total. The minimum Gasteiger partial charge on any atom is -0.364 e. The van der Waals surface area contributed by atoms with Crippen LogP contribution in [0.4, 0.5) is 11.8 Å². The highest BCUT2D eigenvalue weighted by Gasteiger charge is 2.44. The van der Waals surface area contributed by atoms with E-state index in [0.29, 0.717) is 12.1 Å². The van der Waals surface area contributed by atoms with Crippen molar-refractivity contribution in [1.29, 1.82) is 0 Å². The number of pyridine rings is 1. The molecule has 5 heterocycles. The summed E-state index contributed by atoms with van der Waals surface area (Å²) in [7, 11) is 0. The number of rotatable bonds is 7. The van der Waals surface area contributed by atoms with Gasteiger partial charge in [0.15, 0.2) is 0 Å². The molecule has 3 atom stereocenters. The van der Waals surface area contributed by atoms with E-state index in [1.54, 1.807) is 0 Å². The second-order valence-corrected chi connectivity index (χ2v) is 9.49. The first-order chi connectivity index (χ1) is 16.7. The zero-order valence-corrected chi connectivity index (χ0v) is 19.8. The van der Waals surface area contributed by atoms with Crippen molar-refractivity contribution in [3.05, 3.63) is 72.7 Å². The Morgan fingerprint density at radius 2 is 1.91 bits per heavy atom. The molecular formula is C27H31N7. The largest absolute Gasteiger partial charge is 0.364 e. The lowest BCUT2D eigenvalue weighted by Gasteiger charge is -2.35. The molecule has 2 fully saturated rings. The van der Waals surface area contributed by atoms with Crippen molar-refractivity contribution >= 4 is 17.4 Å². The minimum absolute atomic E-state index is 0.161. The zero-order valence-electron chi connectivity index (χ0n) is 19.8. The fraction of sp³-hybridized carbons (Fsp3) is 0.370. The number of nitrogens with zero attached hydrogens (tertiary/aromatic N) is 6. The molecule has 174 valence electrons. The normalized spacial score (nSPS) is 20.8. The quantitative estimate of drug-likeness (QED) is 0.440. The maximum Gasteiger partial charge on any atom is 0.212 e. The topological polar surface area (TPSA) is 61.6 Å². The zero-order chi connectivity index (χ0) is 23.1. The van der Waals surface area contributed by atoms with E-state index in [2.05, 4.69) is 79.7 Å². The summed E-state index contributed by atoms with van der Waals surface area (Å²) in [5, 5.41) is 3.53. The average Bonchev–Trinajstić information content (AvgIpc) is 3.60. The molecule has 1 aromatic carbocycles. The van der Waals surface area contributed by atoms with Crippen molar-refractivity contribution in [2.24, 2.45) is 0 Å². The second kappa shape index (κ2) is 8.72. The first-order valence-electron chi connectivity index (χ1n) is 12.3. The van der Waals surface area contributed by atoms with Crippen LogP contribution in [0.2, 0.25) is 0 Å². The van der Waals surface area contributed by atoms with E-state index in [0.717, 1.165) is 41.8 Å². The van der Waals surface area contributed by atoms with Crippen molar-refractivity contribution in [3.8, 4) is 11.3 Å². The van der Waals surface area contributed by atoms with Crippen LogP contribution in [-0.4, -0.2) is 56.0 Å². The molecule has 2 saturated heterocycles. The SMILES string of the molecule is CCCN1C[C@@H]2C[C@H]1CN2c1nc(-c2ccnc(N[C@@H](C)c3ccccc3)c2)cc2nccn12. The molecule has 2 aliphatic rings.